The Bertz CT molecular complexity index is 798. The molecule has 0 radical (unpaired) electrons. The fourth-order valence-electron chi connectivity index (χ4n) is 2.09. The van der Waals surface area contributed by atoms with Gasteiger partial charge in [-0.25, -0.2) is 18.7 Å². The van der Waals surface area contributed by atoms with E-state index in [9.17, 15) is 8.78 Å². The molecule has 2 heterocycles. The van der Waals surface area contributed by atoms with Crippen molar-refractivity contribution in [2.24, 2.45) is 0 Å². The predicted octanol–water partition coefficient (Wildman–Crippen LogP) is 3.67. The van der Waals surface area contributed by atoms with Gasteiger partial charge in [-0.1, -0.05) is 0 Å². The first-order valence-corrected chi connectivity index (χ1v) is 6.76. The van der Waals surface area contributed by atoms with Crippen molar-refractivity contribution in [3.8, 4) is 0 Å². The van der Waals surface area contributed by atoms with Gasteiger partial charge in [-0.15, -0.1) is 0 Å². The minimum Gasteiger partial charge on any atom is -0.303 e. The Labute approximate surface area is 122 Å². The molecule has 0 spiro atoms. The summed E-state index contributed by atoms with van der Waals surface area (Å²) in [4.78, 5) is 8.50. The monoisotopic (exact) mass is 337 g/mol. The van der Waals surface area contributed by atoms with Crippen LogP contribution in [-0.4, -0.2) is 14.4 Å². The van der Waals surface area contributed by atoms with Crippen LogP contribution in [0.1, 0.15) is 16.8 Å². The van der Waals surface area contributed by atoms with E-state index in [4.69, 9.17) is 0 Å². The summed E-state index contributed by atoms with van der Waals surface area (Å²) in [5.41, 5.74) is 1.78. The number of nitrogens with zero attached hydrogens (tertiary/aromatic N) is 3. The second-order valence-corrected chi connectivity index (χ2v) is 5.35. The largest absolute Gasteiger partial charge is 0.303 e. The Morgan fingerprint density at radius 2 is 2.05 bits per heavy atom. The van der Waals surface area contributed by atoms with Crippen molar-refractivity contribution in [2.75, 3.05) is 0 Å². The molecule has 20 heavy (non-hydrogen) atoms. The summed E-state index contributed by atoms with van der Waals surface area (Å²) in [6, 6.07) is 2.41. The lowest BCUT2D eigenvalue weighted by Crippen LogP contribution is -2.02. The molecule has 0 saturated heterocycles. The topological polar surface area (TPSA) is 30.2 Å². The van der Waals surface area contributed by atoms with Crippen molar-refractivity contribution in [3.05, 3.63) is 63.8 Å². The highest BCUT2D eigenvalue weighted by atomic mass is 79.9. The highest BCUT2D eigenvalue weighted by molar-refractivity contribution is 9.10. The Hall–Kier alpha value is -1.82. The Morgan fingerprint density at radius 3 is 2.85 bits per heavy atom. The summed E-state index contributed by atoms with van der Waals surface area (Å²) < 4.78 is 29.9. The normalized spacial score (nSPS) is 11.2. The first kappa shape index (κ1) is 13.2. The third-order valence-corrected chi connectivity index (χ3v) is 3.48. The van der Waals surface area contributed by atoms with Gasteiger partial charge in [0, 0.05) is 25.0 Å². The van der Waals surface area contributed by atoms with E-state index in [1.54, 1.807) is 23.0 Å². The van der Waals surface area contributed by atoms with Crippen molar-refractivity contribution in [3.63, 3.8) is 0 Å². The van der Waals surface area contributed by atoms with E-state index in [1.165, 1.54) is 19.1 Å². The lowest BCUT2D eigenvalue weighted by Gasteiger charge is -2.07. The van der Waals surface area contributed by atoms with Gasteiger partial charge in [-0.3, -0.25) is 0 Å². The second-order valence-electron chi connectivity index (χ2n) is 4.54. The number of hydrogen-bond acceptors (Lipinski definition) is 2. The van der Waals surface area contributed by atoms with Crippen LogP contribution in [0.3, 0.4) is 0 Å². The number of benzene rings is 1. The summed E-state index contributed by atoms with van der Waals surface area (Å²) in [7, 11) is 0. The molecular weight excluding hydrogens is 328 g/mol. The standard InChI is InChI=1S/C14H10BrF2N3/c1-8-4-11(17)9(5-10(8)16)6-12-14-18-2-3-20(14)7-13(15)19-12/h2-5,7H,6H2,1H3. The number of fused-ring (bicyclic) bond motifs is 1. The molecule has 3 rings (SSSR count). The number of rotatable bonds is 2. The van der Waals surface area contributed by atoms with Crippen LogP contribution < -0.4 is 0 Å². The second kappa shape index (κ2) is 4.94. The van der Waals surface area contributed by atoms with Gasteiger partial charge in [-0.2, -0.15) is 0 Å². The van der Waals surface area contributed by atoms with Crippen LogP contribution in [0.15, 0.2) is 35.3 Å². The van der Waals surface area contributed by atoms with Crippen LogP contribution in [0.5, 0.6) is 0 Å². The van der Waals surface area contributed by atoms with Crippen molar-refractivity contribution in [2.45, 2.75) is 13.3 Å². The van der Waals surface area contributed by atoms with Gasteiger partial charge < -0.3 is 4.40 Å². The molecule has 2 aromatic heterocycles. The van der Waals surface area contributed by atoms with Gasteiger partial charge in [0.05, 0.1) is 5.69 Å². The first-order chi connectivity index (χ1) is 9.54. The van der Waals surface area contributed by atoms with Crippen LogP contribution in [0.25, 0.3) is 5.65 Å². The molecular formula is C14H10BrF2N3. The highest BCUT2D eigenvalue weighted by Gasteiger charge is 2.12. The van der Waals surface area contributed by atoms with Gasteiger partial charge >= 0.3 is 0 Å². The molecule has 0 saturated carbocycles. The molecule has 0 N–H and O–H groups in total. The van der Waals surface area contributed by atoms with Crippen LogP contribution in [0, 0.1) is 18.6 Å². The Kier molecular flexibility index (Phi) is 3.25. The SMILES string of the molecule is Cc1cc(F)c(Cc2nc(Br)cn3ccnc23)cc1F. The number of hydrogen-bond donors (Lipinski definition) is 0. The number of halogens is 3. The number of aromatic nitrogens is 3. The van der Waals surface area contributed by atoms with Crippen LogP contribution >= 0.6 is 15.9 Å². The molecule has 0 aliphatic rings. The zero-order valence-electron chi connectivity index (χ0n) is 10.6. The summed E-state index contributed by atoms with van der Waals surface area (Å²) >= 11 is 3.30. The Balaban J connectivity index is 2.09. The summed E-state index contributed by atoms with van der Waals surface area (Å²) in [5.74, 6) is -0.855. The fourth-order valence-corrected chi connectivity index (χ4v) is 2.52. The number of imidazole rings is 1. The molecule has 1 aromatic carbocycles. The summed E-state index contributed by atoms with van der Waals surface area (Å²) in [6.45, 7) is 1.53. The third kappa shape index (κ3) is 2.31. The van der Waals surface area contributed by atoms with E-state index in [0.717, 1.165) is 0 Å². The predicted molar refractivity (Wildman–Crippen MR) is 74.6 cm³/mol. The summed E-state index contributed by atoms with van der Waals surface area (Å²) in [6.07, 6.45) is 5.36. The van der Waals surface area contributed by atoms with Gasteiger partial charge in [0.25, 0.3) is 0 Å². The molecule has 102 valence electrons. The van der Waals surface area contributed by atoms with Crippen molar-refractivity contribution < 1.29 is 8.78 Å². The highest BCUT2D eigenvalue weighted by Crippen LogP contribution is 2.20. The average Bonchev–Trinajstić information content (AvgIpc) is 2.84. The fraction of sp³-hybridized carbons (Fsp3) is 0.143. The lowest BCUT2D eigenvalue weighted by atomic mass is 10.1. The van der Waals surface area contributed by atoms with E-state index in [1.807, 2.05) is 0 Å². The molecule has 6 heteroatoms. The van der Waals surface area contributed by atoms with Gasteiger partial charge in [-0.05, 0) is 46.1 Å². The lowest BCUT2D eigenvalue weighted by molar-refractivity contribution is 0.581. The molecule has 0 unspecified atom stereocenters. The minimum absolute atomic E-state index is 0.184. The zero-order chi connectivity index (χ0) is 14.3. The third-order valence-electron chi connectivity index (χ3n) is 3.10. The van der Waals surface area contributed by atoms with E-state index < -0.39 is 11.6 Å². The van der Waals surface area contributed by atoms with Gasteiger partial charge in [0.2, 0.25) is 0 Å². The maximum Gasteiger partial charge on any atom is 0.158 e. The molecule has 0 atom stereocenters. The van der Waals surface area contributed by atoms with Gasteiger partial charge in [0.1, 0.15) is 16.2 Å². The molecule has 0 fully saturated rings. The maximum atomic E-state index is 13.9. The Morgan fingerprint density at radius 1 is 1.25 bits per heavy atom. The first-order valence-electron chi connectivity index (χ1n) is 5.97. The van der Waals surface area contributed by atoms with E-state index in [0.29, 0.717) is 21.5 Å². The number of aryl methyl sites for hydroxylation is 1. The molecule has 0 bridgehead atoms. The van der Waals surface area contributed by atoms with E-state index >= 15 is 0 Å². The molecule has 0 amide bonds. The molecule has 0 aliphatic carbocycles. The quantitative estimate of drug-likeness (QED) is 0.714. The average molecular weight is 338 g/mol. The molecule has 3 nitrogen and oxygen atoms in total. The van der Waals surface area contributed by atoms with Crippen LogP contribution in [-0.2, 0) is 6.42 Å². The zero-order valence-corrected chi connectivity index (χ0v) is 12.2. The van der Waals surface area contributed by atoms with Crippen molar-refractivity contribution in [1.82, 2.24) is 14.4 Å². The minimum atomic E-state index is -0.435. The summed E-state index contributed by atoms with van der Waals surface area (Å²) in [5, 5.41) is 0. The van der Waals surface area contributed by atoms with Gasteiger partial charge in [0.15, 0.2) is 5.65 Å². The van der Waals surface area contributed by atoms with Crippen LogP contribution in [0.2, 0.25) is 0 Å². The molecule has 0 aliphatic heterocycles. The van der Waals surface area contributed by atoms with E-state index in [-0.39, 0.29) is 12.0 Å². The van der Waals surface area contributed by atoms with E-state index in [2.05, 4.69) is 25.9 Å². The van der Waals surface area contributed by atoms with Crippen LogP contribution in [0.4, 0.5) is 8.78 Å². The van der Waals surface area contributed by atoms with Crippen molar-refractivity contribution >= 4 is 21.6 Å². The molecule has 3 aromatic rings. The maximum absolute atomic E-state index is 13.9. The smallest absolute Gasteiger partial charge is 0.158 e. The van der Waals surface area contributed by atoms with Crippen molar-refractivity contribution in [1.29, 1.82) is 0 Å².